The second kappa shape index (κ2) is 5.22. The van der Waals surface area contributed by atoms with Crippen LogP contribution in [0.25, 0.3) is 11.3 Å². The summed E-state index contributed by atoms with van der Waals surface area (Å²) in [6.07, 6.45) is 1.46. The highest BCUT2D eigenvalue weighted by atomic mass is 19.1. The Morgan fingerprint density at radius 3 is 2.63 bits per heavy atom. The molecule has 19 heavy (non-hydrogen) atoms. The first kappa shape index (κ1) is 13.3. The predicted molar refractivity (Wildman–Crippen MR) is 69.2 cm³/mol. The van der Waals surface area contributed by atoms with Crippen molar-refractivity contribution in [1.29, 1.82) is 0 Å². The average molecular weight is 262 g/mol. The first-order chi connectivity index (χ1) is 9.00. The lowest BCUT2D eigenvalue weighted by molar-refractivity contribution is -0.140. The zero-order valence-electron chi connectivity index (χ0n) is 10.7. The van der Waals surface area contributed by atoms with Gasteiger partial charge >= 0.3 is 5.97 Å². The number of carboxylic acid groups (broad SMARTS) is 1. The van der Waals surface area contributed by atoms with E-state index in [1.807, 2.05) is 13.8 Å². The van der Waals surface area contributed by atoms with Gasteiger partial charge in [0.2, 0.25) is 0 Å². The highest BCUT2D eigenvalue weighted by Crippen LogP contribution is 2.26. The number of nitrogens with one attached hydrogen (secondary N) is 1. The van der Waals surface area contributed by atoms with Crippen LogP contribution in [0.4, 0.5) is 4.39 Å². The van der Waals surface area contributed by atoms with Crippen LogP contribution in [0.2, 0.25) is 0 Å². The lowest BCUT2D eigenvalue weighted by Crippen LogP contribution is -2.18. The Morgan fingerprint density at radius 2 is 2.05 bits per heavy atom. The van der Waals surface area contributed by atoms with E-state index in [4.69, 9.17) is 0 Å². The van der Waals surface area contributed by atoms with Crippen molar-refractivity contribution in [3.05, 3.63) is 42.1 Å². The third kappa shape index (κ3) is 2.65. The molecule has 0 amide bonds. The number of hydrogen-bond donors (Lipinski definition) is 2. The maximum atomic E-state index is 13.6. The van der Waals surface area contributed by atoms with Gasteiger partial charge in [0.05, 0.1) is 11.9 Å². The van der Waals surface area contributed by atoms with Crippen molar-refractivity contribution in [3.63, 3.8) is 0 Å². The van der Waals surface area contributed by atoms with Gasteiger partial charge in [0.1, 0.15) is 17.6 Å². The van der Waals surface area contributed by atoms with E-state index in [1.165, 1.54) is 12.3 Å². The van der Waals surface area contributed by atoms with Gasteiger partial charge in [0.25, 0.3) is 0 Å². The topological polar surface area (TPSA) is 66.0 Å². The van der Waals surface area contributed by atoms with Gasteiger partial charge in [0, 0.05) is 5.56 Å². The molecule has 0 aliphatic rings. The number of aromatic amines is 1. The molecule has 100 valence electrons. The fourth-order valence-electron chi connectivity index (χ4n) is 2.03. The van der Waals surface area contributed by atoms with Gasteiger partial charge in [-0.15, -0.1) is 0 Å². The first-order valence-electron chi connectivity index (χ1n) is 6.03. The molecular formula is C14H15FN2O2. The van der Waals surface area contributed by atoms with E-state index in [2.05, 4.69) is 9.97 Å². The lowest BCUT2D eigenvalue weighted by atomic mass is 9.95. The highest BCUT2D eigenvalue weighted by Gasteiger charge is 2.26. The number of nitrogens with zero attached hydrogens (tertiary/aromatic N) is 1. The molecule has 2 rings (SSSR count). The normalized spacial score (nSPS) is 12.6. The molecule has 1 heterocycles. The van der Waals surface area contributed by atoms with Crippen LogP contribution in [-0.4, -0.2) is 21.0 Å². The molecule has 2 aromatic rings. The number of rotatable bonds is 4. The van der Waals surface area contributed by atoms with E-state index in [0.717, 1.165) is 0 Å². The number of aromatic nitrogens is 2. The zero-order valence-corrected chi connectivity index (χ0v) is 10.7. The van der Waals surface area contributed by atoms with Gasteiger partial charge in [-0.1, -0.05) is 26.0 Å². The van der Waals surface area contributed by atoms with Gasteiger partial charge in [-0.05, 0) is 18.1 Å². The highest BCUT2D eigenvalue weighted by molar-refractivity contribution is 5.75. The van der Waals surface area contributed by atoms with Crippen LogP contribution in [-0.2, 0) is 4.79 Å². The van der Waals surface area contributed by atoms with Crippen LogP contribution in [0.5, 0.6) is 0 Å². The van der Waals surface area contributed by atoms with E-state index < -0.39 is 11.9 Å². The van der Waals surface area contributed by atoms with Crippen molar-refractivity contribution in [2.75, 3.05) is 0 Å². The number of halogens is 1. The molecule has 0 bridgehead atoms. The fraction of sp³-hybridized carbons (Fsp3) is 0.286. The Morgan fingerprint density at radius 1 is 1.37 bits per heavy atom. The standard InChI is InChI=1S/C14H15FN2O2/c1-8(2)12(14(18)19)13-16-7-11(17-13)9-5-3-4-6-10(9)15/h3-8,12H,1-2H3,(H,16,17)(H,18,19). The maximum Gasteiger partial charge on any atom is 0.314 e. The summed E-state index contributed by atoms with van der Waals surface area (Å²) in [5.41, 5.74) is 0.870. The van der Waals surface area contributed by atoms with Crippen LogP contribution in [0.15, 0.2) is 30.5 Å². The molecule has 2 N–H and O–H groups in total. The molecule has 0 aliphatic heterocycles. The molecule has 0 aliphatic carbocycles. The van der Waals surface area contributed by atoms with Gasteiger partial charge in [-0.25, -0.2) is 9.37 Å². The van der Waals surface area contributed by atoms with Crippen molar-refractivity contribution in [2.45, 2.75) is 19.8 Å². The smallest absolute Gasteiger partial charge is 0.314 e. The van der Waals surface area contributed by atoms with E-state index in [1.54, 1.807) is 18.2 Å². The van der Waals surface area contributed by atoms with Crippen LogP contribution < -0.4 is 0 Å². The molecule has 4 nitrogen and oxygen atoms in total. The summed E-state index contributed by atoms with van der Waals surface area (Å²) in [5, 5.41) is 9.20. The van der Waals surface area contributed by atoms with E-state index in [0.29, 0.717) is 17.1 Å². The van der Waals surface area contributed by atoms with Gasteiger partial charge in [0.15, 0.2) is 0 Å². The van der Waals surface area contributed by atoms with Crippen LogP contribution in [0.3, 0.4) is 0 Å². The summed E-state index contributed by atoms with van der Waals surface area (Å²) in [5.74, 6) is -1.78. The predicted octanol–water partition coefficient (Wildman–Crippen LogP) is 3.04. The third-order valence-corrected chi connectivity index (χ3v) is 2.99. The Hall–Kier alpha value is -2.17. The molecule has 0 fully saturated rings. The minimum atomic E-state index is -0.940. The van der Waals surface area contributed by atoms with Gasteiger partial charge < -0.3 is 10.1 Å². The number of H-pyrrole nitrogens is 1. The molecule has 0 radical (unpaired) electrons. The molecule has 1 atom stereocenters. The Balaban J connectivity index is 2.39. The van der Waals surface area contributed by atoms with Crippen molar-refractivity contribution in [1.82, 2.24) is 9.97 Å². The summed E-state index contributed by atoms with van der Waals surface area (Å²) >= 11 is 0. The minimum Gasteiger partial charge on any atom is -0.481 e. The van der Waals surface area contributed by atoms with Crippen LogP contribution >= 0.6 is 0 Å². The van der Waals surface area contributed by atoms with E-state index >= 15 is 0 Å². The van der Waals surface area contributed by atoms with Crippen molar-refractivity contribution in [2.24, 2.45) is 5.92 Å². The Kier molecular flexibility index (Phi) is 3.64. The van der Waals surface area contributed by atoms with Crippen molar-refractivity contribution in [3.8, 4) is 11.3 Å². The first-order valence-corrected chi connectivity index (χ1v) is 6.03. The summed E-state index contributed by atoms with van der Waals surface area (Å²) in [6.45, 7) is 3.62. The summed E-state index contributed by atoms with van der Waals surface area (Å²) in [7, 11) is 0. The largest absolute Gasteiger partial charge is 0.481 e. The van der Waals surface area contributed by atoms with Crippen LogP contribution in [0, 0.1) is 11.7 Å². The van der Waals surface area contributed by atoms with Crippen molar-refractivity contribution < 1.29 is 14.3 Å². The number of hydrogen-bond acceptors (Lipinski definition) is 2. The summed E-state index contributed by atoms with van der Waals surface area (Å²) in [4.78, 5) is 18.2. The van der Waals surface area contributed by atoms with E-state index in [-0.39, 0.29) is 11.7 Å². The molecular weight excluding hydrogens is 247 g/mol. The fourth-order valence-corrected chi connectivity index (χ4v) is 2.03. The maximum absolute atomic E-state index is 13.6. The number of imidazole rings is 1. The average Bonchev–Trinajstić information content (AvgIpc) is 2.77. The Labute approximate surface area is 110 Å². The van der Waals surface area contributed by atoms with Crippen molar-refractivity contribution >= 4 is 5.97 Å². The SMILES string of the molecule is CC(C)C(C(=O)O)c1ncc(-c2ccccc2F)[nH]1. The second-order valence-corrected chi connectivity index (χ2v) is 4.72. The summed E-state index contributed by atoms with van der Waals surface area (Å²) in [6, 6.07) is 6.30. The van der Waals surface area contributed by atoms with Gasteiger partial charge in [-0.3, -0.25) is 4.79 Å². The number of aliphatic carboxylic acids is 1. The molecule has 0 saturated carbocycles. The Bertz CT molecular complexity index is 593. The second-order valence-electron chi connectivity index (χ2n) is 4.72. The zero-order chi connectivity index (χ0) is 14.0. The quantitative estimate of drug-likeness (QED) is 0.890. The lowest BCUT2D eigenvalue weighted by Gasteiger charge is -2.13. The third-order valence-electron chi connectivity index (χ3n) is 2.99. The minimum absolute atomic E-state index is 0.0999. The molecule has 0 saturated heterocycles. The molecule has 1 aromatic carbocycles. The van der Waals surface area contributed by atoms with E-state index in [9.17, 15) is 14.3 Å². The van der Waals surface area contributed by atoms with Gasteiger partial charge in [-0.2, -0.15) is 0 Å². The number of carboxylic acids is 1. The number of benzene rings is 1. The monoisotopic (exact) mass is 262 g/mol. The number of carbonyl (C=O) groups is 1. The molecule has 5 heteroatoms. The molecule has 1 aromatic heterocycles. The summed E-state index contributed by atoms with van der Waals surface area (Å²) < 4.78 is 13.6. The van der Waals surface area contributed by atoms with Crippen LogP contribution in [0.1, 0.15) is 25.6 Å². The molecule has 1 unspecified atom stereocenters. The molecule has 0 spiro atoms.